The summed E-state index contributed by atoms with van der Waals surface area (Å²) >= 11 is 0. The molecule has 0 saturated carbocycles. The lowest BCUT2D eigenvalue weighted by molar-refractivity contribution is -0.137. The summed E-state index contributed by atoms with van der Waals surface area (Å²) < 4.78 is 5.20. The van der Waals surface area contributed by atoms with Crippen LogP contribution in [0.5, 0.6) is 0 Å². The van der Waals surface area contributed by atoms with Crippen LogP contribution in [-0.2, 0) is 9.53 Å². The van der Waals surface area contributed by atoms with E-state index >= 15 is 0 Å². The summed E-state index contributed by atoms with van der Waals surface area (Å²) in [7, 11) is 0. The average Bonchev–Trinajstić information content (AvgIpc) is 3.27. The van der Waals surface area contributed by atoms with E-state index in [1.54, 1.807) is 0 Å². The molecule has 3 nitrogen and oxygen atoms in total. The minimum atomic E-state index is -0.690. The fraction of sp³-hybridized carbons (Fsp3) is 0.833. The van der Waals surface area contributed by atoms with Crippen LogP contribution in [0.25, 0.3) is 0 Å². The number of epoxide rings is 1. The van der Waals surface area contributed by atoms with Gasteiger partial charge in [-0.1, -0.05) is 57.1 Å². The summed E-state index contributed by atoms with van der Waals surface area (Å²) in [6.07, 6.45) is 20.2. The van der Waals surface area contributed by atoms with Crippen LogP contribution in [0.3, 0.4) is 0 Å². The van der Waals surface area contributed by atoms with Gasteiger partial charge in [0.25, 0.3) is 0 Å². The first-order valence-corrected chi connectivity index (χ1v) is 8.77. The number of allylic oxidation sites excluding steroid dienone is 2. The minimum Gasteiger partial charge on any atom is -0.481 e. The molecule has 1 heterocycles. The molecule has 0 amide bonds. The van der Waals surface area contributed by atoms with Gasteiger partial charge in [0.05, 0.1) is 12.7 Å². The van der Waals surface area contributed by atoms with Gasteiger partial charge in [-0.05, 0) is 32.1 Å². The van der Waals surface area contributed by atoms with Gasteiger partial charge in [-0.15, -0.1) is 0 Å². The first-order chi connectivity index (χ1) is 10.3. The van der Waals surface area contributed by atoms with Gasteiger partial charge >= 0.3 is 5.97 Å². The lowest BCUT2D eigenvalue weighted by atomic mass is 10.1. The molecule has 1 aliphatic rings. The Bertz CT molecular complexity index is 282. The van der Waals surface area contributed by atoms with E-state index in [1.807, 2.05) is 0 Å². The third kappa shape index (κ3) is 13.9. The molecule has 122 valence electrons. The van der Waals surface area contributed by atoms with Gasteiger partial charge in [-0.3, -0.25) is 4.79 Å². The van der Waals surface area contributed by atoms with Crippen molar-refractivity contribution in [2.24, 2.45) is 0 Å². The highest BCUT2D eigenvalue weighted by Gasteiger charge is 2.20. The SMILES string of the molecule is O=C(O)CCCC=CCCCCCCCCCCC1CO1. The zero-order chi connectivity index (χ0) is 15.2. The van der Waals surface area contributed by atoms with Crippen LogP contribution in [0, 0.1) is 0 Å². The van der Waals surface area contributed by atoms with Crippen LogP contribution in [0.4, 0.5) is 0 Å². The number of hydrogen-bond donors (Lipinski definition) is 1. The van der Waals surface area contributed by atoms with E-state index in [-0.39, 0.29) is 6.42 Å². The zero-order valence-electron chi connectivity index (χ0n) is 13.4. The number of ether oxygens (including phenoxy) is 1. The maximum Gasteiger partial charge on any atom is 0.303 e. The molecule has 1 N–H and O–H groups in total. The molecule has 1 rings (SSSR count). The van der Waals surface area contributed by atoms with Gasteiger partial charge in [-0.25, -0.2) is 0 Å². The number of rotatable bonds is 15. The van der Waals surface area contributed by atoms with Gasteiger partial charge in [0.2, 0.25) is 0 Å². The Labute approximate surface area is 129 Å². The second-order valence-corrected chi connectivity index (χ2v) is 6.12. The Hall–Kier alpha value is -0.830. The maximum absolute atomic E-state index is 10.3. The Kier molecular flexibility index (Phi) is 11.2. The molecule has 0 aromatic heterocycles. The van der Waals surface area contributed by atoms with E-state index in [4.69, 9.17) is 9.84 Å². The lowest BCUT2D eigenvalue weighted by Crippen LogP contribution is -1.92. The Morgan fingerprint density at radius 1 is 0.905 bits per heavy atom. The molecule has 1 aliphatic heterocycles. The van der Waals surface area contributed by atoms with Crippen LogP contribution in [-0.4, -0.2) is 23.8 Å². The molecular weight excluding hydrogens is 264 g/mol. The second kappa shape index (κ2) is 12.9. The lowest BCUT2D eigenvalue weighted by Gasteiger charge is -2.01. The van der Waals surface area contributed by atoms with Crippen LogP contribution in [0.15, 0.2) is 12.2 Å². The standard InChI is InChI=1S/C18H32O3/c19-18(20)15-13-11-9-7-5-3-1-2-4-6-8-10-12-14-17-16-21-17/h7,9,17H,1-6,8,10-16H2,(H,19,20). The molecule has 1 saturated heterocycles. The molecule has 1 fully saturated rings. The highest BCUT2D eigenvalue weighted by molar-refractivity contribution is 5.66. The van der Waals surface area contributed by atoms with Crippen LogP contribution in [0.1, 0.15) is 83.5 Å². The average molecular weight is 296 g/mol. The van der Waals surface area contributed by atoms with Crippen molar-refractivity contribution in [3.05, 3.63) is 12.2 Å². The van der Waals surface area contributed by atoms with Gasteiger partial charge < -0.3 is 9.84 Å². The zero-order valence-corrected chi connectivity index (χ0v) is 13.4. The molecule has 0 spiro atoms. The van der Waals surface area contributed by atoms with Crippen molar-refractivity contribution in [1.82, 2.24) is 0 Å². The summed E-state index contributed by atoms with van der Waals surface area (Å²) in [5, 5.41) is 8.50. The summed E-state index contributed by atoms with van der Waals surface area (Å²) in [5.74, 6) is -0.690. The van der Waals surface area contributed by atoms with Gasteiger partial charge in [-0.2, -0.15) is 0 Å². The minimum absolute atomic E-state index is 0.290. The molecule has 0 radical (unpaired) electrons. The van der Waals surface area contributed by atoms with E-state index < -0.39 is 5.97 Å². The number of carbonyl (C=O) groups is 1. The van der Waals surface area contributed by atoms with Crippen molar-refractivity contribution in [3.63, 3.8) is 0 Å². The fourth-order valence-corrected chi connectivity index (χ4v) is 2.54. The summed E-state index contributed by atoms with van der Waals surface area (Å²) in [4.78, 5) is 10.3. The fourth-order valence-electron chi connectivity index (χ4n) is 2.54. The normalized spacial score (nSPS) is 17.4. The van der Waals surface area contributed by atoms with E-state index in [0.717, 1.165) is 25.9 Å². The second-order valence-electron chi connectivity index (χ2n) is 6.12. The van der Waals surface area contributed by atoms with E-state index in [9.17, 15) is 4.79 Å². The molecule has 21 heavy (non-hydrogen) atoms. The Morgan fingerprint density at radius 3 is 2.00 bits per heavy atom. The highest BCUT2D eigenvalue weighted by Crippen LogP contribution is 2.18. The topological polar surface area (TPSA) is 49.8 Å². The van der Waals surface area contributed by atoms with Gasteiger partial charge in [0.15, 0.2) is 0 Å². The summed E-state index contributed by atoms with van der Waals surface area (Å²) in [5.41, 5.74) is 0. The molecule has 0 aromatic rings. The van der Waals surface area contributed by atoms with Crippen molar-refractivity contribution >= 4 is 5.97 Å². The highest BCUT2D eigenvalue weighted by atomic mass is 16.6. The van der Waals surface area contributed by atoms with Crippen molar-refractivity contribution in [2.75, 3.05) is 6.61 Å². The Morgan fingerprint density at radius 2 is 1.43 bits per heavy atom. The van der Waals surface area contributed by atoms with Crippen molar-refractivity contribution < 1.29 is 14.6 Å². The van der Waals surface area contributed by atoms with E-state index in [2.05, 4.69) is 12.2 Å². The molecular formula is C18H32O3. The van der Waals surface area contributed by atoms with Crippen molar-refractivity contribution in [1.29, 1.82) is 0 Å². The number of carboxylic acid groups (broad SMARTS) is 1. The monoisotopic (exact) mass is 296 g/mol. The molecule has 0 aromatic carbocycles. The quantitative estimate of drug-likeness (QED) is 0.260. The van der Waals surface area contributed by atoms with Crippen molar-refractivity contribution in [2.45, 2.75) is 89.6 Å². The third-order valence-electron chi connectivity index (χ3n) is 3.98. The Balaban J connectivity index is 1.67. The first kappa shape index (κ1) is 18.2. The van der Waals surface area contributed by atoms with Crippen LogP contribution >= 0.6 is 0 Å². The molecule has 0 aliphatic carbocycles. The summed E-state index contributed by atoms with van der Waals surface area (Å²) in [6, 6.07) is 0. The number of unbranched alkanes of at least 4 members (excludes halogenated alkanes) is 9. The van der Waals surface area contributed by atoms with Crippen molar-refractivity contribution in [3.8, 4) is 0 Å². The molecule has 3 heteroatoms. The summed E-state index contributed by atoms with van der Waals surface area (Å²) in [6.45, 7) is 1.01. The van der Waals surface area contributed by atoms with E-state index in [1.165, 1.54) is 57.8 Å². The largest absolute Gasteiger partial charge is 0.481 e. The molecule has 1 unspecified atom stereocenters. The molecule has 0 bridgehead atoms. The van der Waals surface area contributed by atoms with Gasteiger partial charge in [0.1, 0.15) is 0 Å². The van der Waals surface area contributed by atoms with Gasteiger partial charge in [0, 0.05) is 6.42 Å². The van der Waals surface area contributed by atoms with Crippen LogP contribution < -0.4 is 0 Å². The smallest absolute Gasteiger partial charge is 0.303 e. The predicted octanol–water partition coefficient (Wildman–Crippen LogP) is 5.10. The van der Waals surface area contributed by atoms with E-state index in [0.29, 0.717) is 6.10 Å². The number of aliphatic carboxylic acids is 1. The predicted molar refractivity (Wildman–Crippen MR) is 86.5 cm³/mol. The maximum atomic E-state index is 10.3. The third-order valence-corrected chi connectivity index (χ3v) is 3.98. The molecule has 1 atom stereocenters. The number of hydrogen-bond acceptors (Lipinski definition) is 2. The van der Waals surface area contributed by atoms with Crippen LogP contribution in [0.2, 0.25) is 0 Å². The first-order valence-electron chi connectivity index (χ1n) is 8.77. The number of carboxylic acids is 1.